The summed E-state index contributed by atoms with van der Waals surface area (Å²) in [7, 11) is 1.82. The lowest BCUT2D eigenvalue weighted by Gasteiger charge is -2.42. The van der Waals surface area contributed by atoms with E-state index in [0.29, 0.717) is 11.6 Å². The number of hydrogen-bond acceptors (Lipinski definition) is 6. The van der Waals surface area contributed by atoms with Gasteiger partial charge in [0, 0.05) is 36.2 Å². The van der Waals surface area contributed by atoms with Crippen molar-refractivity contribution in [3.05, 3.63) is 54.7 Å². The van der Waals surface area contributed by atoms with E-state index in [1.807, 2.05) is 62.5 Å². The fraction of sp³-hybridized carbons (Fsp3) is 0.261. The van der Waals surface area contributed by atoms with Crippen LogP contribution in [0.15, 0.2) is 54.7 Å². The molecule has 2 heterocycles. The predicted molar refractivity (Wildman–Crippen MR) is 122 cm³/mol. The maximum absolute atomic E-state index is 12.6. The van der Waals surface area contributed by atoms with E-state index in [9.17, 15) is 4.79 Å². The van der Waals surface area contributed by atoms with Crippen LogP contribution in [-0.4, -0.2) is 35.0 Å². The molecule has 4 rings (SSSR count). The van der Waals surface area contributed by atoms with Gasteiger partial charge in [0.2, 0.25) is 11.9 Å². The average molecular weight is 403 g/mol. The summed E-state index contributed by atoms with van der Waals surface area (Å²) in [5, 5.41) is 3.30. The number of nitrogens with two attached hydrogens (primary N) is 1. The number of aromatic nitrogens is 2. The molecule has 0 radical (unpaired) electrons. The van der Waals surface area contributed by atoms with Gasteiger partial charge in [0.05, 0.1) is 17.1 Å². The molecule has 3 N–H and O–H groups in total. The Kier molecular flexibility index (Phi) is 5.03. The number of carbonyl (C=O) groups excluding carboxylic acids is 1. The molecule has 7 nitrogen and oxygen atoms in total. The Balaban J connectivity index is 1.67. The van der Waals surface area contributed by atoms with Gasteiger partial charge in [-0.05, 0) is 57.2 Å². The molecule has 3 aromatic rings. The van der Waals surface area contributed by atoms with Crippen LogP contribution in [0.5, 0.6) is 0 Å². The molecule has 1 aliphatic heterocycles. The van der Waals surface area contributed by atoms with Crippen molar-refractivity contribution < 1.29 is 4.79 Å². The first-order valence-electron chi connectivity index (χ1n) is 10.0. The first kappa shape index (κ1) is 19.7. The summed E-state index contributed by atoms with van der Waals surface area (Å²) in [4.78, 5) is 25.5. The molecule has 2 aromatic carbocycles. The lowest BCUT2D eigenvalue weighted by molar-refractivity contribution is -0.119. The summed E-state index contributed by atoms with van der Waals surface area (Å²) in [6, 6.07) is 15.4. The monoisotopic (exact) mass is 402 g/mol. The lowest BCUT2D eigenvalue weighted by Crippen LogP contribution is -2.53. The highest BCUT2D eigenvalue weighted by molar-refractivity contribution is 6.05. The van der Waals surface area contributed by atoms with Gasteiger partial charge in [-0.1, -0.05) is 12.1 Å². The normalized spacial score (nSPS) is 16.0. The Bertz CT molecular complexity index is 1100. The maximum atomic E-state index is 12.6. The second-order valence-corrected chi connectivity index (χ2v) is 7.79. The van der Waals surface area contributed by atoms with Crippen molar-refractivity contribution in [2.45, 2.75) is 32.9 Å². The number of nitrogen functional groups attached to an aromatic ring is 1. The van der Waals surface area contributed by atoms with Gasteiger partial charge in [0.15, 0.2) is 0 Å². The van der Waals surface area contributed by atoms with Crippen LogP contribution in [0.2, 0.25) is 0 Å². The molecule has 1 aliphatic rings. The van der Waals surface area contributed by atoms with Gasteiger partial charge >= 0.3 is 0 Å². The summed E-state index contributed by atoms with van der Waals surface area (Å²) in [6.45, 7) is 6.13. The van der Waals surface area contributed by atoms with Crippen molar-refractivity contribution in [3.63, 3.8) is 0 Å². The van der Waals surface area contributed by atoms with Crippen LogP contribution in [0.1, 0.15) is 20.8 Å². The molecule has 0 saturated carbocycles. The fourth-order valence-electron chi connectivity index (χ4n) is 3.95. The minimum atomic E-state index is -0.221. The highest BCUT2D eigenvalue weighted by Crippen LogP contribution is 2.39. The van der Waals surface area contributed by atoms with Gasteiger partial charge in [-0.2, -0.15) is 0 Å². The van der Waals surface area contributed by atoms with E-state index in [2.05, 4.69) is 34.0 Å². The molecule has 1 atom stereocenters. The first-order chi connectivity index (χ1) is 14.3. The summed E-state index contributed by atoms with van der Waals surface area (Å²) >= 11 is 0. The number of hydrogen-bond donors (Lipinski definition) is 2. The van der Waals surface area contributed by atoms with Crippen molar-refractivity contribution in [2.75, 3.05) is 27.9 Å². The van der Waals surface area contributed by atoms with Crippen LogP contribution >= 0.6 is 0 Å². The highest BCUT2D eigenvalue weighted by Gasteiger charge is 2.34. The average Bonchev–Trinajstić information content (AvgIpc) is 2.72. The third-order valence-corrected chi connectivity index (χ3v) is 5.37. The van der Waals surface area contributed by atoms with Crippen LogP contribution < -0.4 is 20.9 Å². The van der Waals surface area contributed by atoms with E-state index in [-0.39, 0.29) is 18.0 Å². The molecule has 1 aromatic heterocycles. The van der Waals surface area contributed by atoms with E-state index in [0.717, 1.165) is 28.3 Å². The first-order valence-corrected chi connectivity index (χ1v) is 10.0. The summed E-state index contributed by atoms with van der Waals surface area (Å²) in [5.74, 6) is 0.592. The van der Waals surface area contributed by atoms with E-state index < -0.39 is 0 Å². The molecule has 7 heteroatoms. The zero-order valence-electron chi connectivity index (χ0n) is 17.6. The number of nitrogens with one attached hydrogen (secondary N) is 1. The van der Waals surface area contributed by atoms with Gasteiger partial charge in [-0.15, -0.1) is 0 Å². The van der Waals surface area contributed by atoms with Crippen molar-refractivity contribution in [1.29, 1.82) is 0 Å². The van der Waals surface area contributed by atoms with Crippen LogP contribution in [0, 0.1) is 0 Å². The molecule has 154 valence electrons. The number of fused-ring (bicyclic) bond motifs is 1. The second kappa shape index (κ2) is 7.67. The highest BCUT2D eigenvalue weighted by atomic mass is 16.2. The number of carbonyl (C=O) groups is 1. The fourth-order valence-corrected chi connectivity index (χ4v) is 3.95. The molecule has 0 aliphatic carbocycles. The molecular formula is C23H26N6O. The SMILES string of the molecule is CC(C)N1c2cc(Nc3nccc(-c4cccc(N)c4)n3)ccc2N(C)C(=O)[C@H]1C. The van der Waals surface area contributed by atoms with E-state index in [4.69, 9.17) is 5.73 Å². The maximum Gasteiger partial charge on any atom is 0.249 e. The van der Waals surface area contributed by atoms with Crippen molar-refractivity contribution >= 4 is 34.6 Å². The van der Waals surface area contributed by atoms with Gasteiger partial charge < -0.3 is 20.9 Å². The predicted octanol–water partition coefficient (Wildman–Crippen LogP) is 4.05. The van der Waals surface area contributed by atoms with Crippen LogP contribution in [0.25, 0.3) is 11.3 Å². The smallest absolute Gasteiger partial charge is 0.249 e. The number of nitrogens with zero attached hydrogens (tertiary/aromatic N) is 4. The van der Waals surface area contributed by atoms with Crippen LogP contribution in [0.4, 0.5) is 28.7 Å². The molecule has 0 bridgehead atoms. The molecule has 0 unspecified atom stereocenters. The van der Waals surface area contributed by atoms with Crippen LogP contribution in [-0.2, 0) is 4.79 Å². The Morgan fingerprint density at radius 1 is 1.10 bits per heavy atom. The largest absolute Gasteiger partial charge is 0.399 e. The Morgan fingerprint density at radius 3 is 2.63 bits per heavy atom. The molecule has 0 spiro atoms. The summed E-state index contributed by atoms with van der Waals surface area (Å²) < 4.78 is 0. The third-order valence-electron chi connectivity index (χ3n) is 5.37. The minimum absolute atomic E-state index is 0.0927. The van der Waals surface area contributed by atoms with Gasteiger partial charge in [-0.25, -0.2) is 9.97 Å². The third kappa shape index (κ3) is 3.54. The summed E-state index contributed by atoms with van der Waals surface area (Å²) in [6.07, 6.45) is 1.72. The van der Waals surface area contributed by atoms with E-state index in [1.54, 1.807) is 11.1 Å². The summed E-state index contributed by atoms with van der Waals surface area (Å²) in [5.41, 5.74) is 11.1. The van der Waals surface area contributed by atoms with Gasteiger partial charge in [0.25, 0.3) is 0 Å². The molecule has 0 saturated heterocycles. The van der Waals surface area contributed by atoms with E-state index in [1.165, 1.54) is 0 Å². The zero-order chi connectivity index (χ0) is 21.4. The number of likely N-dealkylation sites (N-methyl/N-ethyl adjacent to an activating group) is 1. The topological polar surface area (TPSA) is 87.4 Å². The number of benzene rings is 2. The second-order valence-electron chi connectivity index (χ2n) is 7.79. The van der Waals surface area contributed by atoms with Crippen molar-refractivity contribution in [2.24, 2.45) is 0 Å². The molecular weight excluding hydrogens is 376 g/mol. The lowest BCUT2D eigenvalue weighted by atomic mass is 10.0. The van der Waals surface area contributed by atoms with E-state index >= 15 is 0 Å². The number of rotatable bonds is 4. The molecule has 0 fully saturated rings. The van der Waals surface area contributed by atoms with Crippen molar-refractivity contribution in [1.82, 2.24) is 9.97 Å². The van der Waals surface area contributed by atoms with Crippen LogP contribution in [0.3, 0.4) is 0 Å². The Morgan fingerprint density at radius 2 is 1.90 bits per heavy atom. The molecule has 30 heavy (non-hydrogen) atoms. The number of amides is 1. The Labute approximate surface area is 176 Å². The zero-order valence-corrected chi connectivity index (χ0v) is 17.6. The number of anilines is 5. The minimum Gasteiger partial charge on any atom is -0.399 e. The molecule has 1 amide bonds. The quantitative estimate of drug-likeness (QED) is 0.640. The van der Waals surface area contributed by atoms with Gasteiger partial charge in [0.1, 0.15) is 6.04 Å². The van der Waals surface area contributed by atoms with Gasteiger partial charge in [-0.3, -0.25) is 4.79 Å². The standard InChI is InChI=1S/C23H26N6O/c1-14(2)29-15(3)22(30)28(4)20-9-8-18(13-21(20)29)26-23-25-11-10-19(27-23)16-6-5-7-17(24)12-16/h5-15H,24H2,1-4H3,(H,25,26,27)/t15-/m1/s1. The Hall–Kier alpha value is -3.61. The van der Waals surface area contributed by atoms with Crippen molar-refractivity contribution in [3.8, 4) is 11.3 Å².